The average Bonchev–Trinajstić information content (AvgIpc) is 2.88. The van der Waals surface area contributed by atoms with Crippen LogP contribution in [0.3, 0.4) is 0 Å². The summed E-state index contributed by atoms with van der Waals surface area (Å²) in [5.74, 6) is -0.417. The maximum absolute atomic E-state index is 11.2. The molecular weight excluding hydrogens is 282 g/mol. The molecule has 21 heavy (non-hydrogen) atoms. The van der Waals surface area contributed by atoms with Crippen molar-refractivity contribution in [1.29, 1.82) is 0 Å². The second kappa shape index (κ2) is 5.54. The highest BCUT2D eigenvalue weighted by molar-refractivity contribution is 7.22. The molecule has 1 aromatic heterocycles. The zero-order valence-corrected chi connectivity index (χ0v) is 12.4. The Morgan fingerprint density at radius 3 is 2.71 bits per heavy atom. The molecular formula is C16H15N3OS. The van der Waals surface area contributed by atoms with E-state index in [4.69, 9.17) is 5.73 Å². The SMILES string of the molecule is Cc1ccc(CNc2nc3ccc(C(N)=O)cc3s2)cc1. The van der Waals surface area contributed by atoms with Gasteiger partial charge in [0.05, 0.1) is 10.2 Å². The van der Waals surface area contributed by atoms with Crippen LogP contribution in [0.1, 0.15) is 21.5 Å². The summed E-state index contributed by atoms with van der Waals surface area (Å²) in [7, 11) is 0. The van der Waals surface area contributed by atoms with E-state index in [1.54, 1.807) is 12.1 Å². The van der Waals surface area contributed by atoms with E-state index in [-0.39, 0.29) is 0 Å². The smallest absolute Gasteiger partial charge is 0.248 e. The van der Waals surface area contributed by atoms with Gasteiger partial charge in [-0.1, -0.05) is 41.2 Å². The number of primary amides is 1. The number of nitrogens with one attached hydrogen (secondary N) is 1. The van der Waals surface area contributed by atoms with Crippen LogP contribution in [0.2, 0.25) is 0 Å². The number of hydrogen-bond donors (Lipinski definition) is 2. The molecule has 3 N–H and O–H groups in total. The van der Waals surface area contributed by atoms with Crippen molar-refractivity contribution in [3.05, 3.63) is 59.2 Å². The molecule has 0 aliphatic carbocycles. The van der Waals surface area contributed by atoms with Gasteiger partial charge in [0.1, 0.15) is 0 Å². The molecule has 106 valence electrons. The fraction of sp³-hybridized carbons (Fsp3) is 0.125. The van der Waals surface area contributed by atoms with Crippen LogP contribution < -0.4 is 11.1 Å². The van der Waals surface area contributed by atoms with Gasteiger partial charge in [0.15, 0.2) is 5.13 Å². The van der Waals surface area contributed by atoms with Crippen molar-refractivity contribution < 1.29 is 4.79 Å². The average molecular weight is 297 g/mol. The topological polar surface area (TPSA) is 68.0 Å². The molecule has 2 aromatic carbocycles. The third-order valence-corrected chi connectivity index (χ3v) is 4.21. The molecule has 3 aromatic rings. The number of nitrogens with two attached hydrogens (primary N) is 1. The molecule has 0 unspecified atom stereocenters. The van der Waals surface area contributed by atoms with E-state index >= 15 is 0 Å². The summed E-state index contributed by atoms with van der Waals surface area (Å²) in [6.07, 6.45) is 0. The molecule has 0 atom stereocenters. The Hall–Kier alpha value is -2.40. The summed E-state index contributed by atoms with van der Waals surface area (Å²) in [5.41, 5.74) is 9.12. The Morgan fingerprint density at radius 2 is 2.00 bits per heavy atom. The molecule has 0 aliphatic rings. The van der Waals surface area contributed by atoms with Gasteiger partial charge in [0.25, 0.3) is 0 Å². The highest BCUT2D eigenvalue weighted by atomic mass is 32.1. The first kappa shape index (κ1) is 13.6. The fourth-order valence-electron chi connectivity index (χ4n) is 2.04. The first-order valence-electron chi connectivity index (χ1n) is 6.61. The number of aryl methyl sites for hydroxylation is 1. The number of carbonyl (C=O) groups excluding carboxylic acids is 1. The summed E-state index contributed by atoms with van der Waals surface area (Å²) in [5, 5.41) is 4.15. The lowest BCUT2D eigenvalue weighted by Gasteiger charge is -2.02. The molecule has 0 aliphatic heterocycles. The Labute approximate surface area is 126 Å². The Kier molecular flexibility index (Phi) is 3.58. The number of thiazole rings is 1. The molecule has 0 radical (unpaired) electrons. The number of aromatic nitrogens is 1. The third-order valence-electron chi connectivity index (χ3n) is 3.24. The zero-order valence-electron chi connectivity index (χ0n) is 11.6. The first-order valence-corrected chi connectivity index (χ1v) is 7.43. The number of anilines is 1. The number of benzene rings is 2. The van der Waals surface area contributed by atoms with Gasteiger partial charge in [-0.25, -0.2) is 4.98 Å². The van der Waals surface area contributed by atoms with Crippen LogP contribution >= 0.6 is 11.3 Å². The van der Waals surface area contributed by atoms with Crippen LogP contribution in [0.5, 0.6) is 0 Å². The van der Waals surface area contributed by atoms with Crippen LogP contribution in [0.15, 0.2) is 42.5 Å². The molecule has 3 rings (SSSR count). The van der Waals surface area contributed by atoms with Gasteiger partial charge in [-0.3, -0.25) is 4.79 Å². The van der Waals surface area contributed by atoms with Crippen molar-refractivity contribution in [3.8, 4) is 0 Å². The minimum atomic E-state index is -0.417. The molecule has 0 saturated heterocycles. The zero-order chi connectivity index (χ0) is 14.8. The summed E-state index contributed by atoms with van der Waals surface area (Å²) < 4.78 is 0.956. The summed E-state index contributed by atoms with van der Waals surface area (Å²) >= 11 is 1.52. The van der Waals surface area contributed by atoms with Crippen LogP contribution in [0, 0.1) is 6.92 Å². The van der Waals surface area contributed by atoms with Gasteiger partial charge in [-0.15, -0.1) is 0 Å². The van der Waals surface area contributed by atoms with Crippen LogP contribution in [0.25, 0.3) is 10.2 Å². The molecule has 1 amide bonds. The monoisotopic (exact) mass is 297 g/mol. The number of rotatable bonds is 4. The first-order chi connectivity index (χ1) is 10.1. The van der Waals surface area contributed by atoms with Gasteiger partial charge in [-0.2, -0.15) is 0 Å². The van der Waals surface area contributed by atoms with Crippen molar-refractivity contribution in [2.24, 2.45) is 5.73 Å². The number of fused-ring (bicyclic) bond motifs is 1. The highest BCUT2D eigenvalue weighted by Gasteiger charge is 2.07. The standard InChI is InChI=1S/C16H15N3OS/c1-10-2-4-11(5-3-10)9-18-16-19-13-7-6-12(15(17)20)8-14(13)21-16/h2-8H,9H2,1H3,(H2,17,20)(H,18,19). The van der Waals surface area contributed by atoms with E-state index in [1.807, 2.05) is 6.07 Å². The Balaban J connectivity index is 1.78. The number of nitrogens with zero attached hydrogens (tertiary/aromatic N) is 1. The minimum Gasteiger partial charge on any atom is -0.366 e. The molecule has 0 saturated carbocycles. The minimum absolute atomic E-state index is 0.417. The van der Waals surface area contributed by atoms with E-state index in [1.165, 1.54) is 22.5 Å². The third kappa shape index (κ3) is 3.03. The second-order valence-corrected chi connectivity index (χ2v) is 5.94. The number of carbonyl (C=O) groups is 1. The lowest BCUT2D eigenvalue weighted by atomic mass is 10.1. The normalized spacial score (nSPS) is 10.7. The van der Waals surface area contributed by atoms with E-state index in [0.717, 1.165) is 21.9 Å². The summed E-state index contributed by atoms with van der Waals surface area (Å²) in [6.45, 7) is 2.80. The maximum Gasteiger partial charge on any atom is 0.248 e. The fourth-order valence-corrected chi connectivity index (χ4v) is 2.94. The van der Waals surface area contributed by atoms with E-state index < -0.39 is 5.91 Å². The van der Waals surface area contributed by atoms with Crippen LogP contribution in [-0.4, -0.2) is 10.9 Å². The highest BCUT2D eigenvalue weighted by Crippen LogP contribution is 2.27. The van der Waals surface area contributed by atoms with E-state index in [2.05, 4.69) is 41.5 Å². The largest absolute Gasteiger partial charge is 0.366 e. The molecule has 5 heteroatoms. The quantitative estimate of drug-likeness (QED) is 0.776. The predicted molar refractivity (Wildman–Crippen MR) is 86.6 cm³/mol. The van der Waals surface area contributed by atoms with Crippen LogP contribution in [-0.2, 0) is 6.54 Å². The van der Waals surface area contributed by atoms with Crippen molar-refractivity contribution in [3.63, 3.8) is 0 Å². The summed E-state index contributed by atoms with van der Waals surface area (Å²) in [6, 6.07) is 13.7. The van der Waals surface area contributed by atoms with Gasteiger partial charge in [-0.05, 0) is 30.7 Å². The molecule has 0 fully saturated rings. The Morgan fingerprint density at radius 1 is 1.24 bits per heavy atom. The lowest BCUT2D eigenvalue weighted by Crippen LogP contribution is -2.10. The van der Waals surface area contributed by atoms with Crippen molar-refractivity contribution in [2.75, 3.05) is 5.32 Å². The molecule has 4 nitrogen and oxygen atoms in total. The number of hydrogen-bond acceptors (Lipinski definition) is 4. The van der Waals surface area contributed by atoms with E-state index in [0.29, 0.717) is 5.56 Å². The van der Waals surface area contributed by atoms with E-state index in [9.17, 15) is 4.79 Å². The van der Waals surface area contributed by atoms with Crippen molar-refractivity contribution in [2.45, 2.75) is 13.5 Å². The van der Waals surface area contributed by atoms with Crippen LogP contribution in [0.4, 0.5) is 5.13 Å². The maximum atomic E-state index is 11.2. The summed E-state index contributed by atoms with van der Waals surface area (Å²) in [4.78, 5) is 15.7. The molecule has 1 heterocycles. The van der Waals surface area contributed by atoms with Crippen molar-refractivity contribution >= 4 is 32.6 Å². The lowest BCUT2D eigenvalue weighted by molar-refractivity contribution is 0.100. The number of amides is 1. The van der Waals surface area contributed by atoms with Gasteiger partial charge in [0, 0.05) is 12.1 Å². The Bertz CT molecular complexity index is 793. The van der Waals surface area contributed by atoms with Crippen molar-refractivity contribution in [1.82, 2.24) is 4.98 Å². The van der Waals surface area contributed by atoms with Gasteiger partial charge in [0.2, 0.25) is 5.91 Å². The predicted octanol–water partition coefficient (Wildman–Crippen LogP) is 3.32. The molecule has 0 spiro atoms. The van der Waals surface area contributed by atoms with Gasteiger partial charge < -0.3 is 11.1 Å². The molecule has 0 bridgehead atoms. The van der Waals surface area contributed by atoms with Gasteiger partial charge >= 0.3 is 0 Å². The second-order valence-electron chi connectivity index (χ2n) is 4.90.